The number of halogens is 1. The van der Waals surface area contributed by atoms with Crippen molar-refractivity contribution in [3.05, 3.63) is 45.8 Å². The Morgan fingerprint density at radius 3 is 2.73 bits per heavy atom. The molecule has 1 aromatic heterocycles. The van der Waals surface area contributed by atoms with E-state index in [1.54, 1.807) is 18.2 Å². The Labute approximate surface area is 84.1 Å². The van der Waals surface area contributed by atoms with E-state index in [0.29, 0.717) is 11.0 Å². The summed E-state index contributed by atoms with van der Waals surface area (Å²) in [4.78, 5) is 21.6. The lowest BCUT2D eigenvalue weighted by molar-refractivity contribution is 0.0832. The molecule has 15 heavy (non-hydrogen) atoms. The number of rotatable bonds is 1. The van der Waals surface area contributed by atoms with Crippen LogP contribution in [0.4, 0.5) is 4.39 Å². The van der Waals surface area contributed by atoms with E-state index in [4.69, 9.17) is 4.42 Å². The zero-order valence-electron chi connectivity index (χ0n) is 7.91. The number of carbonyl (C=O) groups excluding carboxylic acids is 1. The SMILES string of the molecule is Cc1ccc2cc(C(=O)F)c(=O)oc2c1. The summed E-state index contributed by atoms with van der Waals surface area (Å²) < 4.78 is 17.2. The average Bonchev–Trinajstić information content (AvgIpc) is 2.15. The summed E-state index contributed by atoms with van der Waals surface area (Å²) in [5.74, 6) is 0. The molecule has 1 aromatic carbocycles. The fraction of sp³-hybridized carbons (Fsp3) is 0.0909. The second-order valence-electron chi connectivity index (χ2n) is 3.26. The van der Waals surface area contributed by atoms with Gasteiger partial charge >= 0.3 is 11.7 Å². The van der Waals surface area contributed by atoms with Crippen LogP contribution in [0, 0.1) is 6.92 Å². The van der Waals surface area contributed by atoms with Crippen molar-refractivity contribution in [3.8, 4) is 0 Å². The molecule has 76 valence electrons. The van der Waals surface area contributed by atoms with Gasteiger partial charge in [-0.3, -0.25) is 4.79 Å². The molecule has 0 radical (unpaired) electrons. The van der Waals surface area contributed by atoms with Crippen LogP contribution < -0.4 is 5.63 Å². The highest BCUT2D eigenvalue weighted by molar-refractivity contribution is 5.92. The van der Waals surface area contributed by atoms with Crippen LogP contribution in [0.5, 0.6) is 0 Å². The molecule has 0 saturated carbocycles. The Balaban J connectivity index is 2.82. The molecule has 0 spiro atoms. The maximum absolute atomic E-state index is 12.4. The number of hydrogen-bond acceptors (Lipinski definition) is 3. The zero-order chi connectivity index (χ0) is 11.0. The molecule has 2 aromatic rings. The molecular formula is C11H7FO3. The highest BCUT2D eigenvalue weighted by Gasteiger charge is 2.12. The van der Waals surface area contributed by atoms with Gasteiger partial charge in [0.25, 0.3) is 0 Å². The van der Waals surface area contributed by atoms with Crippen molar-refractivity contribution in [3.63, 3.8) is 0 Å². The summed E-state index contributed by atoms with van der Waals surface area (Å²) in [5.41, 5.74) is -0.234. The van der Waals surface area contributed by atoms with Gasteiger partial charge in [0.1, 0.15) is 11.1 Å². The van der Waals surface area contributed by atoms with Crippen molar-refractivity contribution in [2.45, 2.75) is 6.92 Å². The third-order valence-electron chi connectivity index (χ3n) is 2.10. The first kappa shape index (κ1) is 9.58. The molecule has 0 aliphatic carbocycles. The van der Waals surface area contributed by atoms with Crippen LogP contribution in [0.15, 0.2) is 33.5 Å². The van der Waals surface area contributed by atoms with E-state index in [2.05, 4.69) is 0 Å². The number of hydrogen-bond donors (Lipinski definition) is 0. The molecule has 3 nitrogen and oxygen atoms in total. The Hall–Kier alpha value is -1.97. The summed E-state index contributed by atoms with van der Waals surface area (Å²) in [6.07, 6.45) is 0. The standard InChI is InChI=1S/C11H7FO3/c1-6-2-3-7-5-8(10(12)13)11(14)15-9(7)4-6/h2-5H,1H3. The van der Waals surface area contributed by atoms with E-state index in [9.17, 15) is 14.0 Å². The Morgan fingerprint density at radius 2 is 2.07 bits per heavy atom. The first-order valence-corrected chi connectivity index (χ1v) is 4.32. The summed E-state index contributed by atoms with van der Waals surface area (Å²) in [5, 5.41) is 0.529. The maximum atomic E-state index is 12.4. The van der Waals surface area contributed by atoms with Gasteiger partial charge in [-0.1, -0.05) is 12.1 Å². The van der Waals surface area contributed by atoms with Gasteiger partial charge in [-0.05, 0) is 24.6 Å². The van der Waals surface area contributed by atoms with Gasteiger partial charge in [0, 0.05) is 5.39 Å². The summed E-state index contributed by atoms with van der Waals surface area (Å²) in [6, 6.07) is 4.53. The van der Waals surface area contributed by atoms with Gasteiger partial charge in [-0.2, -0.15) is 4.39 Å². The van der Waals surface area contributed by atoms with Crippen LogP contribution in [0.2, 0.25) is 0 Å². The van der Waals surface area contributed by atoms with Crippen molar-refractivity contribution in [1.82, 2.24) is 0 Å². The number of fused-ring (bicyclic) bond motifs is 1. The molecule has 0 amide bonds. The van der Waals surface area contributed by atoms with Gasteiger partial charge in [-0.25, -0.2) is 4.79 Å². The monoisotopic (exact) mass is 206 g/mol. The van der Waals surface area contributed by atoms with Gasteiger partial charge in [0.15, 0.2) is 0 Å². The summed E-state index contributed by atoms with van der Waals surface area (Å²) in [7, 11) is 0. The molecule has 0 bridgehead atoms. The second-order valence-corrected chi connectivity index (χ2v) is 3.26. The fourth-order valence-electron chi connectivity index (χ4n) is 1.36. The molecule has 0 aliphatic heterocycles. The first-order valence-electron chi connectivity index (χ1n) is 4.32. The Bertz CT molecular complexity index is 598. The van der Waals surface area contributed by atoms with E-state index in [0.717, 1.165) is 5.56 Å². The van der Waals surface area contributed by atoms with Crippen LogP contribution in [-0.4, -0.2) is 6.04 Å². The number of aryl methyl sites for hydroxylation is 1. The molecule has 4 heteroatoms. The van der Waals surface area contributed by atoms with Gasteiger partial charge in [0.05, 0.1) is 0 Å². The van der Waals surface area contributed by atoms with Crippen LogP contribution in [0.25, 0.3) is 11.0 Å². The van der Waals surface area contributed by atoms with Crippen molar-refractivity contribution in [2.24, 2.45) is 0 Å². The lowest BCUT2D eigenvalue weighted by atomic mass is 10.1. The molecular weight excluding hydrogens is 199 g/mol. The van der Waals surface area contributed by atoms with Crippen LogP contribution in [0.1, 0.15) is 15.9 Å². The molecule has 2 rings (SSSR count). The second kappa shape index (κ2) is 3.31. The fourth-order valence-corrected chi connectivity index (χ4v) is 1.36. The minimum Gasteiger partial charge on any atom is -0.422 e. The quantitative estimate of drug-likeness (QED) is 0.530. The predicted octanol–water partition coefficient (Wildman–Crippen LogP) is 2.21. The van der Waals surface area contributed by atoms with E-state index in [-0.39, 0.29) is 0 Å². The molecule has 0 saturated heterocycles. The minimum absolute atomic E-state index is 0.352. The van der Waals surface area contributed by atoms with E-state index >= 15 is 0 Å². The van der Waals surface area contributed by atoms with Crippen LogP contribution >= 0.6 is 0 Å². The first-order chi connectivity index (χ1) is 7.08. The van der Waals surface area contributed by atoms with Crippen LogP contribution in [-0.2, 0) is 0 Å². The normalized spacial score (nSPS) is 10.5. The van der Waals surface area contributed by atoms with E-state index < -0.39 is 17.2 Å². The number of carbonyl (C=O) groups is 1. The molecule has 0 atom stereocenters. The van der Waals surface area contributed by atoms with E-state index in [1.165, 1.54) is 6.07 Å². The molecule has 0 unspecified atom stereocenters. The third-order valence-corrected chi connectivity index (χ3v) is 2.10. The zero-order valence-corrected chi connectivity index (χ0v) is 7.91. The average molecular weight is 206 g/mol. The largest absolute Gasteiger partial charge is 0.422 e. The van der Waals surface area contributed by atoms with Gasteiger partial charge in [-0.15, -0.1) is 0 Å². The molecule has 0 aliphatic rings. The molecule has 1 heterocycles. The van der Waals surface area contributed by atoms with Crippen molar-refractivity contribution < 1.29 is 13.6 Å². The number of benzene rings is 1. The highest BCUT2D eigenvalue weighted by Crippen LogP contribution is 2.15. The third kappa shape index (κ3) is 1.66. The summed E-state index contributed by atoms with van der Waals surface area (Å²) >= 11 is 0. The lowest BCUT2D eigenvalue weighted by Crippen LogP contribution is -2.10. The van der Waals surface area contributed by atoms with Crippen molar-refractivity contribution >= 4 is 17.0 Å². The summed E-state index contributed by atoms with van der Waals surface area (Å²) in [6.45, 7) is 1.84. The Kier molecular flexibility index (Phi) is 2.11. The van der Waals surface area contributed by atoms with Crippen molar-refractivity contribution in [2.75, 3.05) is 0 Å². The smallest absolute Gasteiger partial charge is 0.350 e. The predicted molar refractivity (Wildman–Crippen MR) is 52.7 cm³/mol. The van der Waals surface area contributed by atoms with Gasteiger partial charge < -0.3 is 4.42 Å². The topological polar surface area (TPSA) is 47.3 Å². The minimum atomic E-state index is -1.77. The Morgan fingerprint density at radius 1 is 1.33 bits per heavy atom. The molecule has 0 N–H and O–H groups in total. The van der Waals surface area contributed by atoms with Crippen molar-refractivity contribution in [1.29, 1.82) is 0 Å². The maximum Gasteiger partial charge on any atom is 0.350 e. The molecule has 0 fully saturated rings. The van der Waals surface area contributed by atoms with Gasteiger partial charge in [0.2, 0.25) is 0 Å². The van der Waals surface area contributed by atoms with E-state index in [1.807, 2.05) is 6.92 Å². The van der Waals surface area contributed by atoms with Crippen LogP contribution in [0.3, 0.4) is 0 Å². The lowest BCUT2D eigenvalue weighted by Gasteiger charge is -1.98. The highest BCUT2D eigenvalue weighted by atomic mass is 19.1.